The minimum atomic E-state index is -0.246. The Kier molecular flexibility index (Phi) is 6.91. The summed E-state index contributed by atoms with van der Waals surface area (Å²) in [7, 11) is 0. The molecular formula is C20H22N2O4. The van der Waals surface area contributed by atoms with E-state index in [4.69, 9.17) is 4.74 Å². The van der Waals surface area contributed by atoms with Crippen LogP contribution in [-0.2, 0) is 16.1 Å². The molecule has 136 valence electrons. The van der Waals surface area contributed by atoms with Crippen molar-refractivity contribution in [2.24, 2.45) is 0 Å². The van der Waals surface area contributed by atoms with E-state index in [-0.39, 0.29) is 24.2 Å². The van der Waals surface area contributed by atoms with Crippen molar-refractivity contribution in [3.8, 4) is 5.75 Å². The zero-order valence-electron chi connectivity index (χ0n) is 14.9. The Balaban J connectivity index is 1.76. The average molecular weight is 354 g/mol. The Morgan fingerprint density at radius 3 is 2.19 bits per heavy atom. The maximum absolute atomic E-state index is 11.9. The first-order chi connectivity index (χ1) is 12.5. The summed E-state index contributed by atoms with van der Waals surface area (Å²) in [6.07, 6.45) is 0.453. The van der Waals surface area contributed by atoms with E-state index in [9.17, 15) is 14.4 Å². The zero-order chi connectivity index (χ0) is 18.9. The molecule has 0 unspecified atom stereocenters. The third-order valence-electron chi connectivity index (χ3n) is 3.63. The SMILES string of the molecule is CCC(=O)c1ccc(OCC(=O)NCc2ccc(NC(C)=O)cc2)cc1. The van der Waals surface area contributed by atoms with Crippen LogP contribution < -0.4 is 15.4 Å². The van der Waals surface area contributed by atoms with Crippen molar-refractivity contribution in [3.63, 3.8) is 0 Å². The third-order valence-corrected chi connectivity index (χ3v) is 3.63. The molecule has 0 heterocycles. The first-order valence-corrected chi connectivity index (χ1v) is 8.37. The molecule has 2 N–H and O–H groups in total. The normalized spacial score (nSPS) is 10.1. The minimum Gasteiger partial charge on any atom is -0.484 e. The molecule has 0 fully saturated rings. The summed E-state index contributed by atoms with van der Waals surface area (Å²) in [6.45, 7) is 3.52. The molecule has 0 aliphatic rings. The monoisotopic (exact) mass is 354 g/mol. The number of amides is 2. The van der Waals surface area contributed by atoms with Crippen LogP contribution in [0.25, 0.3) is 0 Å². The zero-order valence-corrected chi connectivity index (χ0v) is 14.9. The molecule has 2 aromatic rings. The van der Waals surface area contributed by atoms with Gasteiger partial charge in [0.15, 0.2) is 12.4 Å². The van der Waals surface area contributed by atoms with Gasteiger partial charge in [0.25, 0.3) is 5.91 Å². The summed E-state index contributed by atoms with van der Waals surface area (Å²) in [4.78, 5) is 34.4. The molecule has 6 heteroatoms. The summed E-state index contributed by atoms with van der Waals surface area (Å²) in [5.41, 5.74) is 2.25. The van der Waals surface area contributed by atoms with E-state index in [0.717, 1.165) is 5.56 Å². The summed E-state index contributed by atoms with van der Waals surface area (Å²) < 4.78 is 5.42. The lowest BCUT2D eigenvalue weighted by Crippen LogP contribution is -2.28. The van der Waals surface area contributed by atoms with E-state index >= 15 is 0 Å². The molecule has 6 nitrogen and oxygen atoms in total. The van der Waals surface area contributed by atoms with Gasteiger partial charge in [0.2, 0.25) is 5.91 Å². The van der Waals surface area contributed by atoms with Gasteiger partial charge in [-0.3, -0.25) is 14.4 Å². The Bertz CT molecular complexity index is 767. The lowest BCUT2D eigenvalue weighted by Gasteiger charge is -2.09. The highest BCUT2D eigenvalue weighted by Gasteiger charge is 2.06. The van der Waals surface area contributed by atoms with Crippen LogP contribution in [0, 0.1) is 0 Å². The number of carbonyl (C=O) groups excluding carboxylic acids is 3. The second-order valence-electron chi connectivity index (χ2n) is 5.74. The molecule has 2 rings (SSSR count). The largest absolute Gasteiger partial charge is 0.484 e. The molecule has 0 spiro atoms. The average Bonchev–Trinajstić information content (AvgIpc) is 2.65. The van der Waals surface area contributed by atoms with Gasteiger partial charge in [-0.2, -0.15) is 0 Å². The topological polar surface area (TPSA) is 84.5 Å². The van der Waals surface area contributed by atoms with Gasteiger partial charge in [0.1, 0.15) is 5.75 Å². The van der Waals surface area contributed by atoms with Gasteiger partial charge in [-0.1, -0.05) is 19.1 Å². The number of ketones is 1. The van der Waals surface area contributed by atoms with Crippen molar-refractivity contribution in [2.75, 3.05) is 11.9 Å². The summed E-state index contributed by atoms with van der Waals surface area (Å²) in [6, 6.07) is 13.9. The van der Waals surface area contributed by atoms with Gasteiger partial charge in [0, 0.05) is 31.1 Å². The van der Waals surface area contributed by atoms with Gasteiger partial charge < -0.3 is 15.4 Å². The van der Waals surface area contributed by atoms with Crippen LogP contribution in [0.15, 0.2) is 48.5 Å². The molecule has 0 aliphatic carbocycles. The van der Waals surface area contributed by atoms with Crippen LogP contribution in [0.1, 0.15) is 36.2 Å². The second-order valence-corrected chi connectivity index (χ2v) is 5.74. The molecule has 26 heavy (non-hydrogen) atoms. The molecule has 0 atom stereocenters. The first kappa shape index (κ1) is 19.2. The highest BCUT2D eigenvalue weighted by Crippen LogP contribution is 2.13. The molecule has 0 bridgehead atoms. The van der Waals surface area contributed by atoms with E-state index in [1.807, 2.05) is 19.1 Å². The maximum Gasteiger partial charge on any atom is 0.258 e. The van der Waals surface area contributed by atoms with Crippen LogP contribution in [0.2, 0.25) is 0 Å². The molecule has 0 aromatic heterocycles. The fourth-order valence-electron chi connectivity index (χ4n) is 2.25. The van der Waals surface area contributed by atoms with Crippen molar-refractivity contribution in [2.45, 2.75) is 26.8 Å². The standard InChI is InChI=1S/C20H22N2O4/c1-3-19(24)16-6-10-18(11-7-16)26-13-20(25)21-12-15-4-8-17(9-5-15)22-14(2)23/h4-11H,3,12-13H2,1-2H3,(H,21,25)(H,22,23). The molecule has 0 saturated heterocycles. The van der Waals surface area contributed by atoms with Crippen LogP contribution in [-0.4, -0.2) is 24.2 Å². The number of benzene rings is 2. The summed E-state index contributed by atoms with van der Waals surface area (Å²) in [5, 5.41) is 5.45. The summed E-state index contributed by atoms with van der Waals surface area (Å²) in [5.74, 6) is 0.228. The Hall–Kier alpha value is -3.15. The van der Waals surface area contributed by atoms with Crippen molar-refractivity contribution in [1.82, 2.24) is 5.32 Å². The highest BCUT2D eigenvalue weighted by atomic mass is 16.5. The minimum absolute atomic E-state index is 0.0683. The van der Waals surface area contributed by atoms with Crippen molar-refractivity contribution in [1.29, 1.82) is 0 Å². The van der Waals surface area contributed by atoms with E-state index in [1.54, 1.807) is 36.4 Å². The Labute approximate surface area is 152 Å². The molecule has 0 saturated carbocycles. The smallest absolute Gasteiger partial charge is 0.258 e. The van der Waals surface area contributed by atoms with Gasteiger partial charge in [-0.05, 0) is 42.0 Å². The van der Waals surface area contributed by atoms with E-state index in [0.29, 0.717) is 30.0 Å². The Morgan fingerprint density at radius 2 is 1.62 bits per heavy atom. The van der Waals surface area contributed by atoms with Gasteiger partial charge >= 0.3 is 0 Å². The van der Waals surface area contributed by atoms with Gasteiger partial charge in [0.05, 0.1) is 0 Å². The number of carbonyl (C=O) groups is 3. The second kappa shape index (κ2) is 9.36. The van der Waals surface area contributed by atoms with Crippen molar-refractivity contribution >= 4 is 23.3 Å². The van der Waals surface area contributed by atoms with E-state index < -0.39 is 0 Å². The molecular weight excluding hydrogens is 332 g/mol. The Morgan fingerprint density at radius 1 is 0.962 bits per heavy atom. The molecule has 0 aliphatic heterocycles. The van der Waals surface area contributed by atoms with Crippen LogP contribution >= 0.6 is 0 Å². The van der Waals surface area contributed by atoms with Crippen molar-refractivity contribution < 1.29 is 19.1 Å². The molecule has 2 amide bonds. The third kappa shape index (κ3) is 6.05. The number of anilines is 1. The van der Waals surface area contributed by atoms with Crippen molar-refractivity contribution in [3.05, 3.63) is 59.7 Å². The summed E-state index contributed by atoms with van der Waals surface area (Å²) >= 11 is 0. The predicted octanol–water partition coefficient (Wildman–Crippen LogP) is 2.93. The van der Waals surface area contributed by atoms with E-state index in [1.165, 1.54) is 6.92 Å². The van der Waals surface area contributed by atoms with Gasteiger partial charge in [-0.15, -0.1) is 0 Å². The lowest BCUT2D eigenvalue weighted by atomic mass is 10.1. The number of hydrogen-bond donors (Lipinski definition) is 2. The van der Waals surface area contributed by atoms with Crippen LogP contribution in [0.3, 0.4) is 0 Å². The molecule has 2 aromatic carbocycles. The number of hydrogen-bond acceptors (Lipinski definition) is 4. The number of ether oxygens (including phenoxy) is 1. The number of nitrogens with one attached hydrogen (secondary N) is 2. The van der Waals surface area contributed by atoms with E-state index in [2.05, 4.69) is 10.6 Å². The number of Topliss-reactive ketones (excluding diaryl/α,β-unsaturated/α-hetero) is 1. The maximum atomic E-state index is 11.9. The quantitative estimate of drug-likeness (QED) is 0.714. The first-order valence-electron chi connectivity index (χ1n) is 8.37. The molecule has 0 radical (unpaired) electrons. The lowest BCUT2D eigenvalue weighted by molar-refractivity contribution is -0.123. The number of rotatable bonds is 8. The van der Waals surface area contributed by atoms with Crippen LogP contribution in [0.5, 0.6) is 5.75 Å². The fraction of sp³-hybridized carbons (Fsp3) is 0.250. The van der Waals surface area contributed by atoms with Gasteiger partial charge in [-0.25, -0.2) is 0 Å². The predicted molar refractivity (Wildman–Crippen MR) is 99.2 cm³/mol. The highest BCUT2D eigenvalue weighted by molar-refractivity contribution is 5.95. The van der Waals surface area contributed by atoms with Crippen LogP contribution in [0.4, 0.5) is 5.69 Å². The fourth-order valence-corrected chi connectivity index (χ4v) is 2.25.